The van der Waals surface area contributed by atoms with Crippen molar-refractivity contribution in [1.82, 2.24) is 5.43 Å². The minimum absolute atomic E-state index is 0.00451. The molecule has 1 aliphatic carbocycles. The van der Waals surface area contributed by atoms with Crippen LogP contribution >= 0.6 is 0 Å². The first-order chi connectivity index (χ1) is 10.1. The third-order valence-corrected chi connectivity index (χ3v) is 3.92. The second-order valence-corrected chi connectivity index (χ2v) is 5.84. The predicted molar refractivity (Wildman–Crippen MR) is 84.6 cm³/mol. The maximum Gasteiger partial charge on any atom is 0.277 e. The van der Waals surface area contributed by atoms with Crippen molar-refractivity contribution in [2.75, 3.05) is 6.61 Å². The molecule has 0 spiro atoms. The minimum Gasteiger partial charge on any atom is -0.483 e. The summed E-state index contributed by atoms with van der Waals surface area (Å²) in [6, 6.07) is 5.96. The summed E-state index contributed by atoms with van der Waals surface area (Å²) in [7, 11) is 0. The number of ether oxygens (including phenoxy) is 1. The molecular weight excluding hydrogens is 264 g/mol. The molecule has 0 aromatic heterocycles. The Hall–Kier alpha value is -1.84. The summed E-state index contributed by atoms with van der Waals surface area (Å²) in [5.41, 5.74) is 5.86. The van der Waals surface area contributed by atoms with Gasteiger partial charge >= 0.3 is 0 Å². The quantitative estimate of drug-likeness (QED) is 0.864. The van der Waals surface area contributed by atoms with Crippen molar-refractivity contribution in [1.29, 1.82) is 0 Å². The van der Waals surface area contributed by atoms with Gasteiger partial charge in [-0.3, -0.25) is 4.79 Å². The first-order valence-corrected chi connectivity index (χ1v) is 7.61. The molecule has 1 aromatic rings. The van der Waals surface area contributed by atoms with Gasteiger partial charge in [-0.2, -0.15) is 5.10 Å². The molecule has 0 saturated heterocycles. The average molecular weight is 288 g/mol. The topological polar surface area (TPSA) is 50.7 Å². The Morgan fingerprint density at radius 2 is 2.19 bits per heavy atom. The Morgan fingerprint density at radius 3 is 2.95 bits per heavy atom. The van der Waals surface area contributed by atoms with Crippen molar-refractivity contribution < 1.29 is 9.53 Å². The number of benzene rings is 1. The highest BCUT2D eigenvalue weighted by atomic mass is 16.5. The van der Waals surface area contributed by atoms with Gasteiger partial charge in [-0.05, 0) is 56.2 Å². The molecule has 0 bridgehead atoms. The maximum atomic E-state index is 11.8. The summed E-state index contributed by atoms with van der Waals surface area (Å²) in [5, 5.41) is 4.25. The molecule has 1 fully saturated rings. The van der Waals surface area contributed by atoms with Gasteiger partial charge in [0.15, 0.2) is 6.61 Å². The van der Waals surface area contributed by atoms with Gasteiger partial charge in [0.1, 0.15) is 5.75 Å². The van der Waals surface area contributed by atoms with E-state index in [4.69, 9.17) is 4.74 Å². The monoisotopic (exact) mass is 288 g/mol. The van der Waals surface area contributed by atoms with Crippen LogP contribution in [0.15, 0.2) is 23.3 Å². The molecule has 4 nitrogen and oxygen atoms in total. The van der Waals surface area contributed by atoms with Crippen LogP contribution in [0.4, 0.5) is 0 Å². The van der Waals surface area contributed by atoms with E-state index in [9.17, 15) is 4.79 Å². The van der Waals surface area contributed by atoms with E-state index >= 15 is 0 Å². The molecule has 0 heterocycles. The Balaban J connectivity index is 1.84. The molecule has 21 heavy (non-hydrogen) atoms. The maximum absolute atomic E-state index is 11.8. The van der Waals surface area contributed by atoms with Crippen LogP contribution in [0.25, 0.3) is 0 Å². The fourth-order valence-corrected chi connectivity index (χ4v) is 2.51. The summed E-state index contributed by atoms with van der Waals surface area (Å²) >= 11 is 0. The van der Waals surface area contributed by atoms with Crippen LogP contribution < -0.4 is 10.2 Å². The zero-order chi connectivity index (χ0) is 15.2. The van der Waals surface area contributed by atoms with Crippen molar-refractivity contribution in [2.24, 2.45) is 11.0 Å². The number of rotatable bonds is 4. The number of hydrogen-bond acceptors (Lipinski definition) is 3. The number of hydrazone groups is 1. The lowest BCUT2D eigenvalue weighted by atomic mass is 9.89. The summed E-state index contributed by atoms with van der Waals surface area (Å²) in [4.78, 5) is 11.8. The summed E-state index contributed by atoms with van der Waals surface area (Å²) in [6.45, 7) is 6.13. The van der Waals surface area contributed by atoms with Gasteiger partial charge in [0, 0.05) is 5.71 Å². The van der Waals surface area contributed by atoms with Gasteiger partial charge in [0.05, 0.1) is 0 Å². The SMILES string of the molecule is Cc1ccc(C)c(OCC(=O)N/N=C2/CCCC[C@H]2C)c1. The third-order valence-electron chi connectivity index (χ3n) is 3.92. The van der Waals surface area contributed by atoms with E-state index in [-0.39, 0.29) is 12.5 Å². The molecule has 1 amide bonds. The van der Waals surface area contributed by atoms with Crippen molar-refractivity contribution in [2.45, 2.75) is 46.5 Å². The van der Waals surface area contributed by atoms with E-state index in [2.05, 4.69) is 17.5 Å². The molecule has 1 aromatic carbocycles. The zero-order valence-corrected chi connectivity index (χ0v) is 13.1. The fraction of sp³-hybridized carbons (Fsp3) is 0.529. The van der Waals surface area contributed by atoms with Gasteiger partial charge in [0.2, 0.25) is 0 Å². The average Bonchev–Trinajstić information content (AvgIpc) is 2.47. The molecule has 114 valence electrons. The van der Waals surface area contributed by atoms with Gasteiger partial charge in [-0.15, -0.1) is 0 Å². The van der Waals surface area contributed by atoms with Gasteiger partial charge in [0.25, 0.3) is 5.91 Å². The van der Waals surface area contributed by atoms with Gasteiger partial charge in [-0.25, -0.2) is 5.43 Å². The van der Waals surface area contributed by atoms with E-state index in [1.54, 1.807) is 0 Å². The van der Waals surface area contributed by atoms with E-state index < -0.39 is 0 Å². The van der Waals surface area contributed by atoms with Crippen LogP contribution in [0.3, 0.4) is 0 Å². The standard InChI is InChI=1S/C17H24N2O2/c1-12-8-9-14(3)16(10-12)21-11-17(20)19-18-15-7-5-4-6-13(15)2/h8-10,13H,4-7,11H2,1-3H3,(H,19,20)/b18-15-/t13-/m1/s1. The van der Waals surface area contributed by atoms with Crippen molar-refractivity contribution in [3.8, 4) is 5.75 Å². The molecule has 0 aliphatic heterocycles. The zero-order valence-electron chi connectivity index (χ0n) is 13.1. The second kappa shape index (κ2) is 7.25. The van der Waals surface area contributed by atoms with Crippen LogP contribution in [0.1, 0.15) is 43.7 Å². The highest BCUT2D eigenvalue weighted by molar-refractivity contribution is 5.88. The van der Waals surface area contributed by atoms with Crippen molar-refractivity contribution >= 4 is 11.6 Å². The molecule has 4 heteroatoms. The third kappa shape index (κ3) is 4.59. The first-order valence-electron chi connectivity index (χ1n) is 7.61. The smallest absolute Gasteiger partial charge is 0.277 e. The first kappa shape index (κ1) is 15.5. The van der Waals surface area contributed by atoms with E-state index in [1.165, 1.54) is 6.42 Å². The van der Waals surface area contributed by atoms with Gasteiger partial charge < -0.3 is 4.74 Å². The van der Waals surface area contributed by atoms with Crippen LogP contribution in [0, 0.1) is 19.8 Å². The molecular formula is C17H24N2O2. The Morgan fingerprint density at radius 1 is 1.38 bits per heavy atom. The fourth-order valence-electron chi connectivity index (χ4n) is 2.51. The van der Waals surface area contributed by atoms with Crippen LogP contribution in [-0.4, -0.2) is 18.2 Å². The lowest BCUT2D eigenvalue weighted by Gasteiger charge is -2.19. The number of nitrogens with zero attached hydrogens (tertiary/aromatic N) is 1. The number of hydrogen-bond donors (Lipinski definition) is 1. The second-order valence-electron chi connectivity index (χ2n) is 5.84. The Bertz CT molecular complexity index is 538. The summed E-state index contributed by atoms with van der Waals surface area (Å²) < 4.78 is 5.56. The number of amides is 1. The number of carbonyl (C=O) groups is 1. The van der Waals surface area contributed by atoms with E-state index in [0.717, 1.165) is 41.9 Å². The lowest BCUT2D eigenvalue weighted by Crippen LogP contribution is -2.28. The normalized spacial score (nSPS) is 20.3. The predicted octanol–water partition coefficient (Wildman–Crippen LogP) is 3.36. The minimum atomic E-state index is -0.207. The molecule has 0 radical (unpaired) electrons. The van der Waals surface area contributed by atoms with Gasteiger partial charge in [-0.1, -0.05) is 25.5 Å². The Labute approximate surface area is 126 Å². The van der Waals surface area contributed by atoms with E-state index in [1.807, 2.05) is 32.0 Å². The molecule has 0 unspecified atom stereocenters. The highest BCUT2D eigenvalue weighted by Crippen LogP contribution is 2.21. The van der Waals surface area contributed by atoms with Crippen molar-refractivity contribution in [3.05, 3.63) is 29.3 Å². The summed E-state index contributed by atoms with van der Waals surface area (Å²) in [6.07, 6.45) is 4.56. The number of nitrogens with one attached hydrogen (secondary N) is 1. The highest BCUT2D eigenvalue weighted by Gasteiger charge is 2.16. The number of carbonyl (C=O) groups excluding carboxylic acids is 1. The largest absolute Gasteiger partial charge is 0.483 e. The van der Waals surface area contributed by atoms with Crippen molar-refractivity contribution in [3.63, 3.8) is 0 Å². The van der Waals surface area contributed by atoms with Crippen LogP contribution in [0.2, 0.25) is 0 Å². The lowest BCUT2D eigenvalue weighted by molar-refractivity contribution is -0.123. The van der Waals surface area contributed by atoms with Crippen LogP contribution in [-0.2, 0) is 4.79 Å². The van der Waals surface area contributed by atoms with E-state index in [0.29, 0.717) is 5.92 Å². The molecule has 1 saturated carbocycles. The molecule has 1 aliphatic rings. The molecule has 2 rings (SSSR count). The Kier molecular flexibility index (Phi) is 5.37. The molecule has 1 atom stereocenters. The summed E-state index contributed by atoms with van der Waals surface area (Å²) in [5.74, 6) is 1.02. The number of aryl methyl sites for hydroxylation is 2. The van der Waals surface area contributed by atoms with Crippen LogP contribution in [0.5, 0.6) is 5.75 Å². The molecule has 1 N–H and O–H groups in total.